The molecule has 0 fully saturated rings. The first-order chi connectivity index (χ1) is 9.24. The molecule has 0 aliphatic heterocycles. The van der Waals surface area contributed by atoms with E-state index in [-0.39, 0.29) is 0 Å². The van der Waals surface area contributed by atoms with Crippen molar-refractivity contribution in [3.63, 3.8) is 0 Å². The van der Waals surface area contributed by atoms with Gasteiger partial charge in [0.15, 0.2) is 0 Å². The number of aryl methyl sites for hydroxylation is 2. The van der Waals surface area contributed by atoms with Gasteiger partial charge in [0.05, 0.1) is 17.6 Å². The number of nitrogens with zero attached hydrogens (tertiary/aromatic N) is 4. The Morgan fingerprint density at radius 3 is 2.68 bits per heavy atom. The molecule has 0 amide bonds. The third-order valence-electron chi connectivity index (χ3n) is 3.00. The van der Waals surface area contributed by atoms with Gasteiger partial charge >= 0.3 is 0 Å². The van der Waals surface area contributed by atoms with Crippen molar-refractivity contribution in [2.24, 2.45) is 0 Å². The lowest BCUT2D eigenvalue weighted by atomic mass is 10.1. The fraction of sp³-hybridized carbons (Fsp3) is 0.133. The van der Waals surface area contributed by atoms with Gasteiger partial charge in [0, 0.05) is 35.9 Å². The number of hydrogen-bond donors (Lipinski definition) is 0. The molecule has 0 aliphatic carbocycles. The minimum Gasteiger partial charge on any atom is -0.264 e. The second-order valence-electron chi connectivity index (χ2n) is 4.53. The minimum atomic E-state index is 0.956. The van der Waals surface area contributed by atoms with Crippen molar-refractivity contribution >= 4 is 0 Å². The number of rotatable bonds is 2. The van der Waals surface area contributed by atoms with Crippen LogP contribution in [-0.2, 0) is 0 Å². The van der Waals surface area contributed by atoms with Crippen LogP contribution in [0.4, 0.5) is 0 Å². The van der Waals surface area contributed by atoms with Crippen LogP contribution >= 0.6 is 0 Å². The predicted octanol–water partition coefficient (Wildman–Crippen LogP) is 2.95. The average molecular weight is 250 g/mol. The molecule has 0 atom stereocenters. The zero-order valence-corrected chi connectivity index (χ0v) is 10.9. The monoisotopic (exact) mass is 250 g/mol. The van der Waals surface area contributed by atoms with Gasteiger partial charge in [-0.25, -0.2) is 4.68 Å². The van der Waals surface area contributed by atoms with Gasteiger partial charge in [-0.05, 0) is 37.6 Å². The van der Waals surface area contributed by atoms with Crippen LogP contribution in [0.3, 0.4) is 0 Å². The first kappa shape index (κ1) is 11.6. The summed E-state index contributed by atoms with van der Waals surface area (Å²) in [4.78, 5) is 8.35. The highest BCUT2D eigenvalue weighted by Gasteiger charge is 2.09. The third-order valence-corrected chi connectivity index (χ3v) is 3.00. The van der Waals surface area contributed by atoms with E-state index in [0.717, 1.165) is 28.1 Å². The van der Waals surface area contributed by atoms with Crippen LogP contribution < -0.4 is 0 Å². The van der Waals surface area contributed by atoms with Crippen molar-refractivity contribution in [1.29, 1.82) is 0 Å². The quantitative estimate of drug-likeness (QED) is 0.702. The molecule has 3 aromatic heterocycles. The summed E-state index contributed by atoms with van der Waals surface area (Å²) in [6, 6.07) is 6.00. The predicted molar refractivity (Wildman–Crippen MR) is 74.1 cm³/mol. The van der Waals surface area contributed by atoms with Gasteiger partial charge in [-0.15, -0.1) is 0 Å². The Labute approximate surface area is 111 Å². The molecule has 0 saturated heterocycles. The molecule has 3 rings (SSSR count). The second-order valence-corrected chi connectivity index (χ2v) is 4.53. The van der Waals surface area contributed by atoms with E-state index < -0.39 is 0 Å². The van der Waals surface area contributed by atoms with Crippen molar-refractivity contribution in [2.75, 3.05) is 0 Å². The maximum absolute atomic E-state index is 4.54. The topological polar surface area (TPSA) is 43.6 Å². The Morgan fingerprint density at radius 2 is 1.95 bits per heavy atom. The molecule has 0 unspecified atom stereocenters. The van der Waals surface area contributed by atoms with E-state index in [9.17, 15) is 0 Å². The number of aromatic nitrogens is 4. The Morgan fingerprint density at radius 1 is 1.05 bits per heavy atom. The van der Waals surface area contributed by atoms with E-state index in [0.29, 0.717) is 0 Å². The molecule has 0 saturated carbocycles. The van der Waals surface area contributed by atoms with E-state index in [1.807, 2.05) is 49.3 Å². The normalized spacial score (nSPS) is 10.6. The maximum Gasteiger partial charge on any atom is 0.0829 e. The molecular formula is C15H14N4. The maximum atomic E-state index is 4.54. The van der Waals surface area contributed by atoms with Gasteiger partial charge in [0.25, 0.3) is 0 Å². The number of hydrogen-bond acceptors (Lipinski definition) is 3. The van der Waals surface area contributed by atoms with Crippen molar-refractivity contribution in [1.82, 2.24) is 19.7 Å². The largest absolute Gasteiger partial charge is 0.264 e. The van der Waals surface area contributed by atoms with Crippen LogP contribution in [0, 0.1) is 13.8 Å². The molecule has 0 aromatic carbocycles. The minimum absolute atomic E-state index is 0.956. The second kappa shape index (κ2) is 4.65. The lowest BCUT2D eigenvalue weighted by molar-refractivity contribution is 0.857. The Balaban J connectivity index is 2.08. The molecule has 0 aliphatic rings. The van der Waals surface area contributed by atoms with Crippen LogP contribution in [0.2, 0.25) is 0 Å². The SMILES string of the molecule is Cc1cncc(-c2cn(-c3cccnc3)nc2C)c1. The molecule has 0 bridgehead atoms. The van der Waals surface area contributed by atoms with Crippen LogP contribution in [0.25, 0.3) is 16.8 Å². The molecule has 0 radical (unpaired) electrons. The lowest BCUT2D eigenvalue weighted by Crippen LogP contribution is -1.94. The van der Waals surface area contributed by atoms with Gasteiger partial charge in [-0.1, -0.05) is 0 Å². The molecule has 0 spiro atoms. The summed E-state index contributed by atoms with van der Waals surface area (Å²) >= 11 is 0. The molecular weight excluding hydrogens is 236 g/mol. The Bertz CT molecular complexity index is 701. The summed E-state index contributed by atoms with van der Waals surface area (Å²) in [7, 11) is 0. The van der Waals surface area contributed by atoms with Crippen molar-refractivity contribution in [3.8, 4) is 16.8 Å². The molecule has 3 aromatic rings. The van der Waals surface area contributed by atoms with Crippen molar-refractivity contribution < 1.29 is 0 Å². The summed E-state index contributed by atoms with van der Waals surface area (Å²) in [6.07, 6.45) is 9.29. The Kier molecular flexibility index (Phi) is 2.83. The molecule has 3 heterocycles. The van der Waals surface area contributed by atoms with E-state index in [4.69, 9.17) is 0 Å². The fourth-order valence-corrected chi connectivity index (χ4v) is 2.07. The van der Waals surface area contributed by atoms with E-state index in [1.165, 1.54) is 0 Å². The van der Waals surface area contributed by atoms with E-state index >= 15 is 0 Å². The smallest absolute Gasteiger partial charge is 0.0829 e. The summed E-state index contributed by atoms with van der Waals surface area (Å²) in [5.74, 6) is 0. The van der Waals surface area contributed by atoms with E-state index in [2.05, 4.69) is 21.1 Å². The highest BCUT2D eigenvalue weighted by atomic mass is 15.3. The van der Waals surface area contributed by atoms with Gasteiger partial charge < -0.3 is 0 Å². The summed E-state index contributed by atoms with van der Waals surface area (Å²) < 4.78 is 1.85. The average Bonchev–Trinajstić information content (AvgIpc) is 2.82. The van der Waals surface area contributed by atoms with Crippen LogP contribution in [-0.4, -0.2) is 19.7 Å². The lowest BCUT2D eigenvalue weighted by Gasteiger charge is -1.99. The first-order valence-corrected chi connectivity index (χ1v) is 6.13. The highest BCUT2D eigenvalue weighted by molar-refractivity contribution is 5.65. The van der Waals surface area contributed by atoms with Gasteiger partial charge in [-0.2, -0.15) is 5.10 Å². The van der Waals surface area contributed by atoms with E-state index in [1.54, 1.807) is 12.4 Å². The number of pyridine rings is 2. The summed E-state index contributed by atoms with van der Waals surface area (Å²) in [6.45, 7) is 4.04. The highest BCUT2D eigenvalue weighted by Crippen LogP contribution is 2.23. The van der Waals surface area contributed by atoms with Gasteiger partial charge in [0.2, 0.25) is 0 Å². The van der Waals surface area contributed by atoms with Crippen LogP contribution in [0.1, 0.15) is 11.3 Å². The summed E-state index contributed by atoms with van der Waals surface area (Å²) in [5.41, 5.74) is 5.27. The van der Waals surface area contributed by atoms with Gasteiger partial charge in [0.1, 0.15) is 0 Å². The summed E-state index contributed by atoms with van der Waals surface area (Å²) in [5, 5.41) is 4.54. The van der Waals surface area contributed by atoms with Gasteiger partial charge in [-0.3, -0.25) is 9.97 Å². The zero-order valence-electron chi connectivity index (χ0n) is 10.9. The zero-order chi connectivity index (χ0) is 13.2. The van der Waals surface area contributed by atoms with Crippen LogP contribution in [0.15, 0.2) is 49.2 Å². The van der Waals surface area contributed by atoms with Crippen LogP contribution in [0.5, 0.6) is 0 Å². The molecule has 4 nitrogen and oxygen atoms in total. The fourth-order valence-electron chi connectivity index (χ4n) is 2.07. The Hall–Kier alpha value is -2.49. The molecule has 94 valence electrons. The molecule has 0 N–H and O–H groups in total. The third kappa shape index (κ3) is 2.25. The molecule has 19 heavy (non-hydrogen) atoms. The standard InChI is InChI=1S/C15H14N4/c1-11-6-13(8-17-7-11)15-10-19(18-12(15)2)14-4-3-5-16-9-14/h3-10H,1-2H3. The van der Waals surface area contributed by atoms with Crippen molar-refractivity contribution in [3.05, 3.63) is 60.4 Å². The first-order valence-electron chi connectivity index (χ1n) is 6.13. The van der Waals surface area contributed by atoms with Crippen molar-refractivity contribution in [2.45, 2.75) is 13.8 Å². The molecule has 4 heteroatoms.